The third-order valence-electron chi connectivity index (χ3n) is 8.95. The standard InChI is InChI=1S/C36H37N7O8/c1-21-17-38-20-36(43-34(47)48,31(21)42-33(45)46)26-9-12-37-18-29(26)40-32(44)30-28(41-35(49)51-19-22-5-3-2-4-6-22)16-25-8-7-24(15-27(25)39-30)23-10-13-50-14-11-23/h2-10,12,15-16,18,21,31,38,42-43H,11,13-14,17,19-20H2,1H3,(H,40,44)(H,41,49)(H,45,46)(H,47,48)/t21?,31?,36-/m0/s1. The Labute approximate surface area is 292 Å². The monoisotopic (exact) mass is 695 g/mol. The summed E-state index contributed by atoms with van der Waals surface area (Å²) in [6.45, 7) is 3.26. The number of amides is 4. The maximum Gasteiger partial charge on any atom is 0.412 e. The zero-order valence-corrected chi connectivity index (χ0v) is 27.6. The highest BCUT2D eigenvalue weighted by atomic mass is 16.5. The van der Waals surface area contributed by atoms with Crippen LogP contribution in [-0.2, 0) is 21.6 Å². The average Bonchev–Trinajstić information content (AvgIpc) is 3.12. The highest BCUT2D eigenvalue weighted by molar-refractivity contribution is 6.10. The van der Waals surface area contributed by atoms with E-state index in [-0.39, 0.29) is 41.7 Å². The fraction of sp³-hybridized carbons (Fsp3) is 0.278. The lowest BCUT2D eigenvalue weighted by Crippen LogP contribution is -2.70. The predicted octanol–water partition coefficient (Wildman–Crippen LogP) is 4.77. The van der Waals surface area contributed by atoms with Gasteiger partial charge >= 0.3 is 18.3 Å². The van der Waals surface area contributed by atoms with E-state index >= 15 is 0 Å². The number of carbonyl (C=O) groups is 4. The first-order chi connectivity index (χ1) is 24.6. The van der Waals surface area contributed by atoms with Crippen LogP contribution in [0.1, 0.15) is 40.5 Å². The van der Waals surface area contributed by atoms with Gasteiger partial charge in [-0.05, 0) is 53.8 Å². The van der Waals surface area contributed by atoms with Crippen molar-refractivity contribution in [3.63, 3.8) is 0 Å². The molecule has 2 aliphatic rings. The largest absolute Gasteiger partial charge is 0.465 e. The van der Waals surface area contributed by atoms with Gasteiger partial charge in [0.1, 0.15) is 12.1 Å². The second-order valence-electron chi connectivity index (χ2n) is 12.3. The number of rotatable bonds is 9. The number of piperidine rings is 1. The fourth-order valence-corrected chi connectivity index (χ4v) is 6.61. The van der Waals surface area contributed by atoms with Crippen molar-refractivity contribution in [1.82, 2.24) is 25.9 Å². The molecule has 0 spiro atoms. The second-order valence-corrected chi connectivity index (χ2v) is 12.3. The van der Waals surface area contributed by atoms with E-state index in [0.29, 0.717) is 37.1 Å². The maximum atomic E-state index is 14.2. The summed E-state index contributed by atoms with van der Waals surface area (Å²) in [6.07, 6.45) is 1.93. The van der Waals surface area contributed by atoms with Gasteiger partial charge in [0, 0.05) is 23.7 Å². The Morgan fingerprint density at radius 2 is 1.84 bits per heavy atom. The summed E-state index contributed by atoms with van der Waals surface area (Å²) in [5.41, 5.74) is 1.98. The number of aromatic nitrogens is 2. The van der Waals surface area contributed by atoms with E-state index in [1.807, 2.05) is 54.6 Å². The quantitative estimate of drug-likeness (QED) is 0.127. The van der Waals surface area contributed by atoms with E-state index in [1.165, 1.54) is 18.5 Å². The van der Waals surface area contributed by atoms with Crippen LogP contribution in [-0.4, -0.2) is 76.7 Å². The van der Waals surface area contributed by atoms with Gasteiger partial charge in [-0.3, -0.25) is 15.1 Å². The lowest BCUT2D eigenvalue weighted by Gasteiger charge is -2.47. The van der Waals surface area contributed by atoms with E-state index < -0.39 is 35.8 Å². The minimum absolute atomic E-state index is 0.000572. The van der Waals surface area contributed by atoms with Crippen molar-refractivity contribution < 1.29 is 38.9 Å². The average molecular weight is 696 g/mol. The van der Waals surface area contributed by atoms with Crippen molar-refractivity contribution in [3.8, 4) is 0 Å². The van der Waals surface area contributed by atoms with E-state index in [1.54, 1.807) is 13.0 Å². The molecule has 1 saturated heterocycles. The van der Waals surface area contributed by atoms with Crippen molar-refractivity contribution in [1.29, 1.82) is 0 Å². The van der Waals surface area contributed by atoms with E-state index in [4.69, 9.17) is 14.5 Å². The van der Waals surface area contributed by atoms with Gasteiger partial charge in [0.25, 0.3) is 5.91 Å². The van der Waals surface area contributed by atoms with Crippen LogP contribution in [0.5, 0.6) is 0 Å². The molecule has 7 N–H and O–H groups in total. The van der Waals surface area contributed by atoms with Gasteiger partial charge in [-0.25, -0.2) is 19.4 Å². The van der Waals surface area contributed by atoms with Gasteiger partial charge < -0.3 is 41.0 Å². The van der Waals surface area contributed by atoms with Crippen molar-refractivity contribution in [2.75, 3.05) is 36.9 Å². The maximum absolute atomic E-state index is 14.2. The molecule has 3 atom stereocenters. The molecule has 4 aromatic rings. The van der Waals surface area contributed by atoms with Crippen LogP contribution in [0.2, 0.25) is 0 Å². The molecule has 2 aliphatic heterocycles. The Morgan fingerprint density at radius 1 is 1.02 bits per heavy atom. The van der Waals surface area contributed by atoms with Gasteiger partial charge in [-0.15, -0.1) is 0 Å². The normalized spacial score (nSPS) is 20.1. The number of hydrogen-bond acceptors (Lipinski definition) is 9. The minimum atomic E-state index is -1.56. The van der Waals surface area contributed by atoms with E-state index in [9.17, 15) is 29.4 Å². The van der Waals surface area contributed by atoms with Crippen LogP contribution >= 0.6 is 0 Å². The van der Waals surface area contributed by atoms with Crippen molar-refractivity contribution >= 4 is 52.0 Å². The number of ether oxygens (including phenoxy) is 2. The molecule has 4 amide bonds. The summed E-state index contributed by atoms with van der Waals surface area (Å²) in [4.78, 5) is 60.2. The van der Waals surface area contributed by atoms with Gasteiger partial charge in [-0.1, -0.05) is 55.5 Å². The Hall–Kier alpha value is -6.06. The van der Waals surface area contributed by atoms with Gasteiger partial charge in [0.2, 0.25) is 0 Å². The number of anilines is 2. The molecule has 51 heavy (non-hydrogen) atoms. The number of pyridine rings is 2. The Bertz CT molecular complexity index is 1990. The number of benzene rings is 2. The van der Waals surface area contributed by atoms with Crippen LogP contribution in [0.15, 0.2) is 79.1 Å². The molecule has 2 aromatic heterocycles. The molecule has 1 fully saturated rings. The van der Waals surface area contributed by atoms with Crippen LogP contribution in [0.4, 0.5) is 25.8 Å². The van der Waals surface area contributed by atoms with Gasteiger partial charge in [0.05, 0.1) is 42.3 Å². The molecule has 0 saturated carbocycles. The summed E-state index contributed by atoms with van der Waals surface area (Å²) < 4.78 is 10.9. The zero-order chi connectivity index (χ0) is 36.0. The van der Waals surface area contributed by atoms with E-state index in [2.05, 4.69) is 31.6 Å². The Balaban J connectivity index is 1.38. The third kappa shape index (κ3) is 7.90. The summed E-state index contributed by atoms with van der Waals surface area (Å²) in [5.74, 6) is -1.11. The van der Waals surface area contributed by atoms with Crippen molar-refractivity contribution in [2.45, 2.75) is 31.5 Å². The minimum Gasteiger partial charge on any atom is -0.465 e. The topological polar surface area (TPSA) is 213 Å². The summed E-state index contributed by atoms with van der Waals surface area (Å²) in [7, 11) is 0. The highest BCUT2D eigenvalue weighted by Crippen LogP contribution is 2.36. The molecule has 2 aromatic carbocycles. The smallest absolute Gasteiger partial charge is 0.412 e. The number of hydrogen-bond donors (Lipinski definition) is 7. The van der Waals surface area contributed by atoms with Crippen LogP contribution in [0.3, 0.4) is 0 Å². The zero-order valence-electron chi connectivity index (χ0n) is 27.6. The predicted molar refractivity (Wildman–Crippen MR) is 187 cm³/mol. The van der Waals surface area contributed by atoms with Crippen LogP contribution < -0.4 is 26.6 Å². The summed E-state index contributed by atoms with van der Waals surface area (Å²) >= 11 is 0. The molecule has 4 heterocycles. The second kappa shape index (κ2) is 15.2. The van der Waals surface area contributed by atoms with Gasteiger partial charge in [-0.2, -0.15) is 0 Å². The molecule has 0 bridgehead atoms. The SMILES string of the molecule is CC1CNC[C@](NC(=O)O)(c2ccncc2NC(=O)c2nc3cc(C4=CCOCC4)ccc3cc2NC(=O)OCc2ccccc2)C1NC(=O)O. The Kier molecular flexibility index (Phi) is 10.4. The number of nitrogens with zero attached hydrogens (tertiary/aromatic N) is 2. The fourth-order valence-electron chi connectivity index (χ4n) is 6.61. The molecule has 2 unspecified atom stereocenters. The first-order valence-electron chi connectivity index (χ1n) is 16.3. The van der Waals surface area contributed by atoms with Crippen LogP contribution in [0.25, 0.3) is 16.5 Å². The van der Waals surface area contributed by atoms with Crippen molar-refractivity contribution in [2.24, 2.45) is 5.92 Å². The number of fused-ring (bicyclic) bond motifs is 1. The molecule has 0 radical (unpaired) electrons. The van der Waals surface area contributed by atoms with Crippen LogP contribution in [0, 0.1) is 5.92 Å². The number of nitrogens with one attached hydrogen (secondary N) is 5. The Morgan fingerprint density at radius 3 is 2.59 bits per heavy atom. The summed E-state index contributed by atoms with van der Waals surface area (Å²) in [6, 6.07) is 17.0. The van der Waals surface area contributed by atoms with Gasteiger partial charge in [0.15, 0.2) is 5.69 Å². The molecule has 15 heteroatoms. The summed E-state index contributed by atoms with van der Waals surface area (Å²) in [5, 5.41) is 33.9. The number of carbonyl (C=O) groups excluding carboxylic acids is 2. The third-order valence-corrected chi connectivity index (χ3v) is 8.95. The lowest BCUT2D eigenvalue weighted by molar-refractivity contribution is 0.102. The molecule has 0 aliphatic carbocycles. The van der Waals surface area contributed by atoms with E-state index in [0.717, 1.165) is 16.7 Å². The molecular formula is C36H37N7O8. The lowest BCUT2D eigenvalue weighted by atomic mass is 9.74. The highest BCUT2D eigenvalue weighted by Gasteiger charge is 2.49. The first kappa shape index (κ1) is 34.8. The number of carboxylic acid groups (broad SMARTS) is 2. The molecule has 6 rings (SSSR count). The first-order valence-corrected chi connectivity index (χ1v) is 16.3. The molecule has 15 nitrogen and oxygen atoms in total. The molecule has 264 valence electrons. The van der Waals surface area contributed by atoms with Crippen molar-refractivity contribution in [3.05, 3.63) is 102 Å². The molecular weight excluding hydrogens is 658 g/mol.